The molecule has 0 atom stereocenters. The normalized spacial score (nSPS) is 15.8. The maximum Gasteiger partial charge on any atom is 0.0936 e. The molecule has 0 amide bonds. The largest absolute Gasteiger partial charge is 0.316 e. The lowest BCUT2D eigenvalue weighted by Crippen LogP contribution is -2.43. The van der Waals surface area contributed by atoms with E-state index in [1.54, 1.807) is 11.3 Å². The number of rotatable bonds is 3. The lowest BCUT2D eigenvalue weighted by atomic mass is 10.0. The summed E-state index contributed by atoms with van der Waals surface area (Å²) in [4.78, 5) is 4.71. The number of nitrogens with one attached hydrogen (secondary N) is 1. The third kappa shape index (κ3) is 2.59. The van der Waals surface area contributed by atoms with Crippen LogP contribution in [0.3, 0.4) is 0 Å². The monoisotopic (exact) mass is 308 g/mol. The van der Waals surface area contributed by atoms with E-state index in [4.69, 9.17) is 4.98 Å². The molecule has 1 aromatic carbocycles. The maximum atomic E-state index is 4.71. The molecule has 1 fully saturated rings. The molecule has 17 heavy (non-hydrogen) atoms. The maximum absolute atomic E-state index is 4.71. The van der Waals surface area contributed by atoms with E-state index in [2.05, 4.69) is 38.8 Å². The summed E-state index contributed by atoms with van der Waals surface area (Å²) in [5.41, 5.74) is 2.28. The van der Waals surface area contributed by atoms with Gasteiger partial charge in [-0.05, 0) is 31.1 Å². The van der Waals surface area contributed by atoms with Gasteiger partial charge >= 0.3 is 0 Å². The van der Waals surface area contributed by atoms with E-state index in [0.717, 1.165) is 35.6 Å². The van der Waals surface area contributed by atoms with Crippen molar-refractivity contribution in [2.75, 3.05) is 13.1 Å². The van der Waals surface area contributed by atoms with Crippen molar-refractivity contribution in [1.82, 2.24) is 10.3 Å². The summed E-state index contributed by atoms with van der Waals surface area (Å²) in [5, 5.41) is 6.71. The Hall–Kier alpha value is -0.710. The minimum Gasteiger partial charge on any atom is -0.316 e. The average Bonchev–Trinajstić information content (AvgIpc) is 2.72. The van der Waals surface area contributed by atoms with Crippen LogP contribution in [0.5, 0.6) is 0 Å². The van der Waals surface area contributed by atoms with Crippen molar-refractivity contribution in [3.63, 3.8) is 0 Å². The standard InChI is InChI=1S/C13H13BrN2S/c14-11-3-1-2-10(5-11)12-8-17-13(16-12)4-9-6-15-7-9/h1-3,5,8-9,15H,4,6-7H2. The Kier molecular flexibility index (Phi) is 3.27. The van der Waals surface area contributed by atoms with Crippen LogP contribution in [-0.2, 0) is 6.42 Å². The molecule has 0 radical (unpaired) electrons. The van der Waals surface area contributed by atoms with E-state index in [-0.39, 0.29) is 0 Å². The third-order valence-electron chi connectivity index (χ3n) is 3.00. The second kappa shape index (κ2) is 4.88. The first-order valence-corrected chi connectivity index (χ1v) is 7.39. The van der Waals surface area contributed by atoms with Crippen molar-refractivity contribution in [3.8, 4) is 11.3 Å². The smallest absolute Gasteiger partial charge is 0.0936 e. The number of thiazole rings is 1. The van der Waals surface area contributed by atoms with Gasteiger partial charge in [0.15, 0.2) is 0 Å². The van der Waals surface area contributed by atoms with Crippen molar-refractivity contribution in [1.29, 1.82) is 0 Å². The van der Waals surface area contributed by atoms with Gasteiger partial charge in [0, 0.05) is 21.8 Å². The molecule has 1 saturated heterocycles. The predicted molar refractivity (Wildman–Crippen MR) is 75.3 cm³/mol. The summed E-state index contributed by atoms with van der Waals surface area (Å²) < 4.78 is 1.10. The van der Waals surface area contributed by atoms with Crippen LogP contribution in [0.15, 0.2) is 34.1 Å². The molecular weight excluding hydrogens is 296 g/mol. The highest BCUT2D eigenvalue weighted by molar-refractivity contribution is 9.10. The molecular formula is C13H13BrN2S. The Balaban J connectivity index is 1.79. The third-order valence-corrected chi connectivity index (χ3v) is 4.37. The van der Waals surface area contributed by atoms with Gasteiger partial charge in [0.1, 0.15) is 0 Å². The van der Waals surface area contributed by atoms with Gasteiger partial charge in [-0.2, -0.15) is 0 Å². The summed E-state index contributed by atoms with van der Waals surface area (Å²) in [6, 6.07) is 8.31. The fourth-order valence-corrected chi connectivity index (χ4v) is 3.24. The number of benzene rings is 1. The van der Waals surface area contributed by atoms with Crippen molar-refractivity contribution in [3.05, 3.63) is 39.1 Å². The molecule has 2 nitrogen and oxygen atoms in total. The zero-order valence-corrected chi connectivity index (χ0v) is 11.7. The van der Waals surface area contributed by atoms with Gasteiger partial charge in [-0.3, -0.25) is 0 Å². The second-order valence-corrected chi connectivity index (χ2v) is 6.22. The van der Waals surface area contributed by atoms with Gasteiger partial charge in [-0.1, -0.05) is 28.1 Å². The van der Waals surface area contributed by atoms with Gasteiger partial charge in [0.25, 0.3) is 0 Å². The molecule has 1 aliphatic heterocycles. The molecule has 2 heterocycles. The quantitative estimate of drug-likeness (QED) is 0.940. The van der Waals surface area contributed by atoms with Crippen LogP contribution < -0.4 is 5.32 Å². The van der Waals surface area contributed by atoms with Crippen LogP contribution in [0.4, 0.5) is 0 Å². The molecule has 88 valence electrons. The van der Waals surface area contributed by atoms with Gasteiger partial charge in [0.05, 0.1) is 10.7 Å². The Morgan fingerprint density at radius 3 is 3.00 bits per heavy atom. The second-order valence-electron chi connectivity index (χ2n) is 4.37. The molecule has 0 bridgehead atoms. The number of hydrogen-bond donors (Lipinski definition) is 1. The summed E-state index contributed by atoms with van der Waals surface area (Å²) in [6.45, 7) is 2.29. The van der Waals surface area contributed by atoms with Crippen LogP contribution in [0.25, 0.3) is 11.3 Å². The molecule has 1 N–H and O–H groups in total. The van der Waals surface area contributed by atoms with Crippen molar-refractivity contribution >= 4 is 27.3 Å². The van der Waals surface area contributed by atoms with E-state index in [1.165, 1.54) is 10.6 Å². The molecule has 1 aromatic heterocycles. The van der Waals surface area contributed by atoms with Crippen LogP contribution in [-0.4, -0.2) is 18.1 Å². The van der Waals surface area contributed by atoms with Crippen LogP contribution >= 0.6 is 27.3 Å². The molecule has 0 spiro atoms. The zero-order chi connectivity index (χ0) is 11.7. The fourth-order valence-electron chi connectivity index (χ4n) is 1.92. The van der Waals surface area contributed by atoms with Gasteiger partial charge in [-0.25, -0.2) is 4.98 Å². The highest BCUT2D eigenvalue weighted by Crippen LogP contribution is 2.26. The van der Waals surface area contributed by atoms with Crippen molar-refractivity contribution in [2.45, 2.75) is 6.42 Å². The lowest BCUT2D eigenvalue weighted by molar-refractivity contribution is 0.346. The first-order chi connectivity index (χ1) is 8.31. The van der Waals surface area contributed by atoms with E-state index in [9.17, 15) is 0 Å². The van der Waals surface area contributed by atoms with Gasteiger partial charge in [0.2, 0.25) is 0 Å². The Bertz CT molecular complexity index is 520. The highest BCUT2D eigenvalue weighted by Gasteiger charge is 2.18. The fraction of sp³-hybridized carbons (Fsp3) is 0.308. The number of nitrogens with zero attached hydrogens (tertiary/aromatic N) is 1. The van der Waals surface area contributed by atoms with Crippen LogP contribution in [0.2, 0.25) is 0 Å². The lowest BCUT2D eigenvalue weighted by Gasteiger charge is -2.25. The Morgan fingerprint density at radius 1 is 1.41 bits per heavy atom. The average molecular weight is 309 g/mol. The summed E-state index contributed by atoms with van der Waals surface area (Å²) in [5.74, 6) is 0.788. The summed E-state index contributed by atoms with van der Waals surface area (Å²) in [6.07, 6.45) is 1.12. The minimum absolute atomic E-state index is 0.788. The molecule has 3 rings (SSSR count). The highest BCUT2D eigenvalue weighted by atomic mass is 79.9. The Morgan fingerprint density at radius 2 is 2.29 bits per heavy atom. The number of halogens is 1. The molecule has 0 aliphatic carbocycles. The van der Waals surface area contributed by atoms with Crippen molar-refractivity contribution < 1.29 is 0 Å². The summed E-state index contributed by atoms with van der Waals surface area (Å²) in [7, 11) is 0. The molecule has 0 saturated carbocycles. The zero-order valence-electron chi connectivity index (χ0n) is 9.32. The topological polar surface area (TPSA) is 24.9 Å². The molecule has 0 unspecified atom stereocenters. The van der Waals surface area contributed by atoms with E-state index in [0.29, 0.717) is 0 Å². The van der Waals surface area contributed by atoms with Gasteiger partial charge in [-0.15, -0.1) is 11.3 Å². The van der Waals surface area contributed by atoms with E-state index < -0.39 is 0 Å². The first kappa shape index (κ1) is 11.4. The number of hydrogen-bond acceptors (Lipinski definition) is 3. The molecule has 1 aliphatic rings. The first-order valence-electron chi connectivity index (χ1n) is 5.72. The summed E-state index contributed by atoms with van der Waals surface area (Å²) >= 11 is 5.27. The molecule has 4 heteroatoms. The van der Waals surface area contributed by atoms with Crippen LogP contribution in [0, 0.1) is 5.92 Å². The molecule has 2 aromatic rings. The minimum atomic E-state index is 0.788. The van der Waals surface area contributed by atoms with E-state index in [1.807, 2.05) is 12.1 Å². The van der Waals surface area contributed by atoms with Gasteiger partial charge < -0.3 is 5.32 Å². The van der Waals surface area contributed by atoms with E-state index >= 15 is 0 Å². The predicted octanol–water partition coefficient (Wildman–Crippen LogP) is 3.33. The van der Waals surface area contributed by atoms with Crippen molar-refractivity contribution in [2.24, 2.45) is 5.92 Å². The SMILES string of the molecule is Brc1cccc(-c2csc(CC3CNC3)n2)c1. The number of aromatic nitrogens is 1. The van der Waals surface area contributed by atoms with Crippen LogP contribution in [0.1, 0.15) is 5.01 Å². The Labute approximate surface area is 113 Å².